The highest BCUT2D eigenvalue weighted by Gasteiger charge is 2.62. The smallest absolute Gasteiger partial charge is 0.302 e. The Labute approximate surface area is 281 Å². The van der Waals surface area contributed by atoms with Gasteiger partial charge < -0.3 is 14.5 Å². The summed E-state index contributed by atoms with van der Waals surface area (Å²) < 4.78 is -0.0472. The molecule has 0 amide bonds. The van der Waals surface area contributed by atoms with Crippen LogP contribution < -0.4 is 4.89 Å². The van der Waals surface area contributed by atoms with E-state index in [9.17, 15) is 19.6 Å². The van der Waals surface area contributed by atoms with Gasteiger partial charge in [0.1, 0.15) is 6.16 Å². The van der Waals surface area contributed by atoms with E-state index < -0.39 is 18.8 Å². The van der Waals surface area contributed by atoms with Crippen molar-refractivity contribution in [2.75, 3.05) is 27.3 Å². The molecule has 0 aliphatic rings. The number of Topliss-reactive ketones (excluding diaryl/α,β-unsaturated/α-hetero) is 2. The fourth-order valence-electron chi connectivity index (χ4n) is 6.75. The topological polar surface area (TPSA) is 77.4 Å². The van der Waals surface area contributed by atoms with E-state index in [0.29, 0.717) is 12.8 Å². The molecule has 5 nitrogen and oxygen atoms in total. The number of carbonyl (C=O) groups is 2. The molecule has 266 valence electrons. The molecular weight excluding hydrogens is 577 g/mol. The Bertz CT molecular complexity index is 731. The first-order valence-electron chi connectivity index (χ1n) is 19.5. The molecule has 0 heterocycles. The molecule has 1 N–H and O–H groups in total. The van der Waals surface area contributed by atoms with Crippen LogP contribution in [0.5, 0.6) is 0 Å². The molecule has 0 saturated heterocycles. The molecule has 1 atom stereocenters. The summed E-state index contributed by atoms with van der Waals surface area (Å²) in [5, 5.41) is 11.3. The van der Waals surface area contributed by atoms with Crippen LogP contribution in [0.1, 0.15) is 201 Å². The van der Waals surface area contributed by atoms with Gasteiger partial charge in [-0.25, -0.2) is 0 Å². The lowest BCUT2D eigenvalue weighted by molar-refractivity contribution is -0.891. The van der Waals surface area contributed by atoms with Gasteiger partial charge in [-0.15, -0.1) is 0 Å². The average molecular weight is 655 g/mol. The summed E-state index contributed by atoms with van der Waals surface area (Å²) in [6.07, 6.45) is 32.5. The predicted octanol–water partition coefficient (Wildman–Crippen LogP) is 10.8. The van der Waals surface area contributed by atoms with Crippen molar-refractivity contribution in [3.05, 3.63) is 0 Å². The predicted molar refractivity (Wildman–Crippen MR) is 196 cm³/mol. The maximum atomic E-state index is 13.9. The molecule has 0 aliphatic carbocycles. The first-order chi connectivity index (χ1) is 21.6. The number of ketones is 2. The Morgan fingerprint density at radius 3 is 0.978 bits per heavy atom. The van der Waals surface area contributed by atoms with Gasteiger partial charge >= 0.3 is 5.54 Å². The molecule has 6 heteroatoms. The fraction of sp³-hybridized carbons (Fsp3) is 0.923. The number of carbonyl (C=O) groups excluding carboxylic acids is 2. The minimum absolute atomic E-state index is 0.0472. The van der Waals surface area contributed by atoms with Gasteiger partial charge in [0.2, 0.25) is 11.6 Å². The largest absolute Gasteiger partial charge is 0.628 e. The summed E-state index contributed by atoms with van der Waals surface area (Å²) in [4.78, 5) is 40.7. The molecule has 0 spiro atoms. The van der Waals surface area contributed by atoms with Gasteiger partial charge in [-0.05, 0) is 19.8 Å². The van der Waals surface area contributed by atoms with Crippen molar-refractivity contribution in [1.82, 2.24) is 0 Å². The molecule has 0 bridgehead atoms. The van der Waals surface area contributed by atoms with Crippen molar-refractivity contribution >= 4 is 24.8 Å². The number of likely N-dealkylation sites (N-methyl/N-ethyl adjacent to an activating group) is 1. The zero-order chi connectivity index (χ0) is 33.8. The Morgan fingerprint density at radius 2 is 0.756 bits per heavy atom. The van der Waals surface area contributed by atoms with E-state index >= 15 is 0 Å². The molecule has 0 aromatic carbocycles. The van der Waals surface area contributed by atoms with Crippen molar-refractivity contribution in [2.45, 2.75) is 206 Å². The van der Waals surface area contributed by atoms with E-state index in [-0.39, 0.29) is 35.1 Å². The monoisotopic (exact) mass is 655 g/mol. The van der Waals surface area contributed by atoms with E-state index in [1.807, 2.05) is 0 Å². The van der Waals surface area contributed by atoms with Crippen LogP contribution in [0, 0.1) is 0 Å². The van der Waals surface area contributed by atoms with Gasteiger partial charge in [0, 0.05) is 12.8 Å². The first-order valence-corrected chi connectivity index (χ1v) is 20.9. The van der Waals surface area contributed by atoms with Crippen molar-refractivity contribution < 1.29 is 24.1 Å². The normalized spacial score (nSPS) is 12.9. The molecule has 0 aromatic rings. The minimum Gasteiger partial charge on any atom is -0.628 e. The zero-order valence-electron chi connectivity index (χ0n) is 31.1. The van der Waals surface area contributed by atoms with Crippen LogP contribution in [0.4, 0.5) is 0 Å². The number of hydrogen-bond donors (Lipinski definition) is 1. The van der Waals surface area contributed by atoms with E-state index in [1.54, 1.807) is 28.1 Å². The standard InChI is InChI=1S/C39H76NO4P/c1-7-10-12-14-16-18-20-22-24-26-28-30-32-34-36(41)39(40(4,5)6,38(43)45(44)9-3)37(42)35-33-31-29-27-25-23-21-19-17-15-13-11-8-2/h7-35H2,1-6H3/p+1. The van der Waals surface area contributed by atoms with Crippen molar-refractivity contribution in [2.24, 2.45) is 0 Å². The third kappa shape index (κ3) is 19.1. The van der Waals surface area contributed by atoms with Crippen LogP contribution in [-0.4, -0.2) is 59.5 Å². The zero-order valence-corrected chi connectivity index (χ0v) is 32.0. The van der Waals surface area contributed by atoms with Gasteiger partial charge in [0.05, 0.1) is 28.9 Å². The second-order valence-corrected chi connectivity index (χ2v) is 16.4. The van der Waals surface area contributed by atoms with Crippen LogP contribution in [0.15, 0.2) is 0 Å². The highest BCUT2D eigenvalue weighted by atomic mass is 31.1. The van der Waals surface area contributed by atoms with Crippen molar-refractivity contribution in [3.8, 4) is 0 Å². The molecular formula is C39H77NO4P+. The summed E-state index contributed by atoms with van der Waals surface area (Å²) in [7, 11) is 3.21. The van der Waals surface area contributed by atoms with Crippen molar-refractivity contribution in [3.63, 3.8) is 0 Å². The summed E-state index contributed by atoms with van der Waals surface area (Å²) in [6.45, 7) is 6.26. The van der Waals surface area contributed by atoms with Crippen LogP contribution in [0.3, 0.4) is 0 Å². The lowest BCUT2D eigenvalue weighted by Crippen LogP contribution is -2.71. The number of rotatable bonds is 33. The maximum absolute atomic E-state index is 13.9. The lowest BCUT2D eigenvalue weighted by atomic mass is 9.81. The fourth-order valence-corrected chi connectivity index (χ4v) is 7.96. The maximum Gasteiger partial charge on any atom is 0.302 e. The van der Waals surface area contributed by atoms with Gasteiger partial charge in [0.25, 0.3) is 5.48 Å². The number of quaternary nitrogens is 1. The van der Waals surface area contributed by atoms with Gasteiger partial charge in [-0.3, -0.25) is 9.59 Å². The number of hydrogen-bond acceptors (Lipinski definition) is 3. The lowest BCUT2D eigenvalue weighted by Gasteiger charge is -2.41. The van der Waals surface area contributed by atoms with Crippen molar-refractivity contribution in [1.29, 1.82) is 0 Å². The minimum atomic E-state index is -2.17. The molecule has 0 aromatic heterocycles. The van der Waals surface area contributed by atoms with E-state index in [0.717, 1.165) is 25.7 Å². The molecule has 0 rings (SSSR count). The Hall–Kier alpha value is -0.610. The number of unbranched alkanes of at least 4 members (excludes halogenated alkanes) is 24. The highest BCUT2D eigenvalue weighted by Crippen LogP contribution is 2.33. The average Bonchev–Trinajstić information content (AvgIpc) is 3.00. The first kappa shape index (κ1) is 44.4. The van der Waals surface area contributed by atoms with Crippen LogP contribution >= 0.6 is 7.77 Å². The van der Waals surface area contributed by atoms with E-state index in [2.05, 4.69) is 13.8 Å². The molecule has 0 fully saturated rings. The Kier molecular flexibility index (Phi) is 28.0. The van der Waals surface area contributed by atoms with Gasteiger partial charge in [-0.2, -0.15) is 0 Å². The van der Waals surface area contributed by atoms with E-state index in [4.69, 9.17) is 0 Å². The SMILES string of the molecule is CCCCCCCCCCCCCCCC(=O)C(C(=O)CCCCCCCCCCCCCCC)(C(O)=[P+]([O-])CC)[N+](C)(C)C. The molecule has 0 aliphatic heterocycles. The molecule has 45 heavy (non-hydrogen) atoms. The quantitative estimate of drug-likeness (QED) is 0.0331. The van der Waals surface area contributed by atoms with Crippen LogP contribution in [0.25, 0.3) is 0 Å². The van der Waals surface area contributed by atoms with Gasteiger partial charge in [-0.1, -0.05) is 168 Å². The number of aliphatic hydroxyl groups excluding tert-OH is 1. The second kappa shape index (κ2) is 28.4. The summed E-state index contributed by atoms with van der Waals surface area (Å²) in [5.41, 5.74) is -2.13. The third-order valence-electron chi connectivity index (χ3n) is 9.68. The second-order valence-electron chi connectivity index (χ2n) is 14.6. The third-order valence-corrected chi connectivity index (χ3v) is 11.0. The Balaban J connectivity index is 4.74. The van der Waals surface area contributed by atoms with Crippen LogP contribution in [0.2, 0.25) is 0 Å². The molecule has 1 unspecified atom stereocenters. The summed E-state index contributed by atoms with van der Waals surface area (Å²) in [5.74, 6) is -0.515. The number of aliphatic hydroxyl groups is 1. The summed E-state index contributed by atoms with van der Waals surface area (Å²) >= 11 is 0. The van der Waals surface area contributed by atoms with E-state index in [1.165, 1.54) is 128 Å². The van der Waals surface area contributed by atoms with Gasteiger partial charge in [0.15, 0.2) is 0 Å². The Morgan fingerprint density at radius 1 is 0.511 bits per heavy atom. The highest BCUT2D eigenvalue weighted by molar-refractivity contribution is 7.51. The number of nitrogens with zero attached hydrogens (tertiary/aromatic N) is 1. The summed E-state index contributed by atoms with van der Waals surface area (Å²) in [6, 6.07) is 0. The van der Waals surface area contributed by atoms with Crippen LogP contribution in [-0.2, 0) is 9.59 Å². The molecule has 0 radical (unpaired) electrons. The molecule has 0 saturated carbocycles.